The van der Waals surface area contributed by atoms with Crippen molar-refractivity contribution in [3.8, 4) is 0 Å². The van der Waals surface area contributed by atoms with Crippen LogP contribution in [-0.2, 0) is 0 Å². The topological polar surface area (TPSA) is 106 Å². The maximum atomic E-state index is 12.3. The second kappa shape index (κ2) is 6.27. The molecule has 2 aromatic heterocycles. The largest absolute Gasteiger partial charge is 0.321 e. The van der Waals surface area contributed by atoms with Gasteiger partial charge in [0.05, 0.1) is 11.9 Å². The zero-order chi connectivity index (χ0) is 15.4. The maximum absolute atomic E-state index is 12.3. The predicted octanol–water partition coefficient (Wildman–Crippen LogP) is 1.84. The van der Waals surface area contributed by atoms with Crippen LogP contribution in [0.1, 0.15) is 41.8 Å². The molecule has 0 aliphatic heterocycles. The van der Waals surface area contributed by atoms with E-state index in [9.17, 15) is 4.79 Å². The van der Waals surface area contributed by atoms with Crippen molar-refractivity contribution in [2.45, 2.75) is 26.7 Å². The molecule has 2 rings (SSSR count). The third-order valence-electron chi connectivity index (χ3n) is 2.82. The second-order valence-corrected chi connectivity index (χ2v) is 4.91. The fourth-order valence-corrected chi connectivity index (χ4v) is 1.74. The summed E-state index contributed by atoms with van der Waals surface area (Å²) >= 11 is 0. The summed E-state index contributed by atoms with van der Waals surface area (Å²) in [5.74, 6) is 6.18. The van der Waals surface area contributed by atoms with Gasteiger partial charge in [0.25, 0.3) is 5.91 Å². The molecule has 2 heterocycles. The van der Waals surface area contributed by atoms with Crippen molar-refractivity contribution >= 4 is 17.4 Å². The van der Waals surface area contributed by atoms with Crippen LogP contribution >= 0.6 is 0 Å². The van der Waals surface area contributed by atoms with E-state index in [0.29, 0.717) is 17.3 Å². The van der Waals surface area contributed by atoms with Gasteiger partial charge in [-0.25, -0.2) is 15.0 Å². The fraction of sp³-hybridized carbons (Fsp3) is 0.286. The highest BCUT2D eigenvalue weighted by atomic mass is 16.2. The van der Waals surface area contributed by atoms with E-state index in [1.165, 1.54) is 6.20 Å². The van der Waals surface area contributed by atoms with Crippen LogP contribution in [0.25, 0.3) is 0 Å². The molecule has 1 amide bonds. The molecule has 0 aromatic carbocycles. The number of aromatic nitrogens is 3. The number of nitrogens with one attached hydrogen (secondary N) is 2. The Hall–Kier alpha value is -2.54. The van der Waals surface area contributed by atoms with E-state index in [2.05, 4.69) is 25.7 Å². The Morgan fingerprint density at radius 1 is 1.29 bits per heavy atom. The van der Waals surface area contributed by atoms with Gasteiger partial charge >= 0.3 is 0 Å². The van der Waals surface area contributed by atoms with Gasteiger partial charge in [0.2, 0.25) is 0 Å². The van der Waals surface area contributed by atoms with Crippen molar-refractivity contribution in [3.05, 3.63) is 41.6 Å². The lowest BCUT2D eigenvalue weighted by molar-refractivity contribution is 0.102. The number of nitrogen functional groups attached to an aromatic ring is 1. The van der Waals surface area contributed by atoms with Crippen LogP contribution in [0.15, 0.2) is 24.4 Å². The van der Waals surface area contributed by atoms with Crippen LogP contribution in [0.2, 0.25) is 0 Å². The summed E-state index contributed by atoms with van der Waals surface area (Å²) < 4.78 is 0. The first-order valence-corrected chi connectivity index (χ1v) is 6.60. The summed E-state index contributed by atoms with van der Waals surface area (Å²) in [4.78, 5) is 25.0. The van der Waals surface area contributed by atoms with Crippen LogP contribution in [0.3, 0.4) is 0 Å². The molecule has 4 N–H and O–H groups in total. The third-order valence-corrected chi connectivity index (χ3v) is 2.82. The van der Waals surface area contributed by atoms with Crippen LogP contribution in [0.5, 0.6) is 0 Å². The van der Waals surface area contributed by atoms with Gasteiger partial charge in [-0.1, -0.05) is 19.9 Å². The first-order valence-electron chi connectivity index (χ1n) is 6.60. The number of nitrogens with two attached hydrogens (primary N) is 1. The van der Waals surface area contributed by atoms with Gasteiger partial charge in [-0.05, 0) is 19.1 Å². The van der Waals surface area contributed by atoms with E-state index in [-0.39, 0.29) is 17.5 Å². The molecule has 0 aliphatic carbocycles. The van der Waals surface area contributed by atoms with Gasteiger partial charge < -0.3 is 10.7 Å². The first kappa shape index (κ1) is 14.9. The van der Waals surface area contributed by atoms with Crippen LogP contribution < -0.4 is 16.6 Å². The van der Waals surface area contributed by atoms with E-state index >= 15 is 0 Å². The van der Waals surface area contributed by atoms with Gasteiger partial charge in [-0.3, -0.25) is 10.6 Å². The predicted molar refractivity (Wildman–Crippen MR) is 80.9 cm³/mol. The number of nitrogens with zero attached hydrogens (tertiary/aromatic N) is 3. The number of aryl methyl sites for hydroxylation is 1. The molecule has 21 heavy (non-hydrogen) atoms. The summed E-state index contributed by atoms with van der Waals surface area (Å²) in [6.45, 7) is 5.76. The highest BCUT2D eigenvalue weighted by Gasteiger charge is 2.16. The minimum Gasteiger partial charge on any atom is -0.321 e. The number of hydrazine groups is 1. The Morgan fingerprint density at radius 2 is 2.05 bits per heavy atom. The lowest BCUT2D eigenvalue weighted by atomic mass is 10.2. The molecule has 0 saturated heterocycles. The van der Waals surface area contributed by atoms with Crippen molar-refractivity contribution in [1.29, 1.82) is 0 Å². The standard InChI is InChI=1S/C14H18N6O/c1-8(2)13-16-7-10(20-15)12(19-13)14(21)18-11-6-4-5-9(3)17-11/h4-8,20H,15H2,1-3H3,(H,17,18,21). The molecule has 0 saturated carbocycles. The minimum atomic E-state index is -0.384. The molecular weight excluding hydrogens is 268 g/mol. The average Bonchev–Trinajstić information content (AvgIpc) is 2.46. The van der Waals surface area contributed by atoms with Crippen LogP contribution in [-0.4, -0.2) is 20.9 Å². The van der Waals surface area contributed by atoms with Crippen molar-refractivity contribution in [1.82, 2.24) is 15.0 Å². The molecule has 0 bridgehead atoms. The highest BCUT2D eigenvalue weighted by molar-refractivity contribution is 6.05. The molecule has 110 valence electrons. The molecule has 7 heteroatoms. The van der Waals surface area contributed by atoms with Crippen molar-refractivity contribution in [2.24, 2.45) is 5.84 Å². The van der Waals surface area contributed by atoms with Crippen molar-refractivity contribution < 1.29 is 4.79 Å². The number of carbonyl (C=O) groups excluding carboxylic acids is 1. The maximum Gasteiger partial charge on any atom is 0.277 e. The summed E-state index contributed by atoms with van der Waals surface area (Å²) in [5, 5.41) is 2.70. The summed E-state index contributed by atoms with van der Waals surface area (Å²) in [6, 6.07) is 5.38. The Morgan fingerprint density at radius 3 is 2.67 bits per heavy atom. The molecule has 0 aliphatic rings. The normalized spacial score (nSPS) is 10.5. The first-order chi connectivity index (χ1) is 10.0. The van der Waals surface area contributed by atoms with E-state index < -0.39 is 0 Å². The third kappa shape index (κ3) is 3.51. The number of hydrogen-bond donors (Lipinski definition) is 3. The highest BCUT2D eigenvalue weighted by Crippen LogP contribution is 2.16. The number of amides is 1. The van der Waals surface area contributed by atoms with Gasteiger partial charge in [0.15, 0.2) is 5.69 Å². The molecule has 0 fully saturated rings. The summed E-state index contributed by atoms with van der Waals surface area (Å²) in [7, 11) is 0. The number of pyridine rings is 1. The van der Waals surface area contributed by atoms with Crippen LogP contribution in [0, 0.1) is 6.92 Å². The van der Waals surface area contributed by atoms with E-state index in [1.807, 2.05) is 32.9 Å². The number of hydrogen-bond acceptors (Lipinski definition) is 6. The monoisotopic (exact) mass is 286 g/mol. The smallest absolute Gasteiger partial charge is 0.277 e. The van der Waals surface area contributed by atoms with Gasteiger partial charge in [0, 0.05) is 11.6 Å². The fourth-order valence-electron chi connectivity index (χ4n) is 1.74. The Kier molecular flexibility index (Phi) is 4.44. The molecule has 2 aromatic rings. The zero-order valence-corrected chi connectivity index (χ0v) is 12.2. The lowest BCUT2D eigenvalue weighted by Crippen LogP contribution is -2.21. The number of rotatable bonds is 4. The van der Waals surface area contributed by atoms with Crippen LogP contribution in [0.4, 0.5) is 11.5 Å². The van der Waals surface area contributed by atoms with Gasteiger partial charge in [-0.2, -0.15) is 0 Å². The van der Waals surface area contributed by atoms with Gasteiger partial charge in [0.1, 0.15) is 11.6 Å². The minimum absolute atomic E-state index is 0.112. The molecule has 7 nitrogen and oxygen atoms in total. The van der Waals surface area contributed by atoms with E-state index in [4.69, 9.17) is 5.84 Å². The average molecular weight is 286 g/mol. The molecular formula is C14H18N6O. The SMILES string of the molecule is Cc1cccc(NC(=O)c2nc(C(C)C)ncc2NN)n1. The second-order valence-electron chi connectivity index (χ2n) is 4.91. The molecule has 0 radical (unpaired) electrons. The molecule has 0 unspecified atom stereocenters. The molecule has 0 atom stereocenters. The number of anilines is 2. The summed E-state index contributed by atoms with van der Waals surface area (Å²) in [5.41, 5.74) is 3.81. The Bertz CT molecular complexity index is 656. The number of carbonyl (C=O) groups is 1. The van der Waals surface area contributed by atoms with Gasteiger partial charge in [-0.15, -0.1) is 0 Å². The Labute approximate surface area is 123 Å². The van der Waals surface area contributed by atoms with E-state index in [1.54, 1.807) is 6.07 Å². The zero-order valence-electron chi connectivity index (χ0n) is 12.2. The Balaban J connectivity index is 2.31. The quantitative estimate of drug-likeness (QED) is 0.585. The van der Waals surface area contributed by atoms with E-state index in [0.717, 1.165) is 5.69 Å². The lowest BCUT2D eigenvalue weighted by Gasteiger charge is -2.11. The van der Waals surface area contributed by atoms with Crippen molar-refractivity contribution in [3.63, 3.8) is 0 Å². The molecule has 0 spiro atoms. The van der Waals surface area contributed by atoms with Crippen molar-refractivity contribution in [2.75, 3.05) is 10.7 Å². The summed E-state index contributed by atoms with van der Waals surface area (Å²) in [6.07, 6.45) is 1.50.